The van der Waals surface area contributed by atoms with E-state index < -0.39 is 5.60 Å². The maximum Gasteiger partial charge on any atom is 0.244 e. The molecule has 22 heavy (non-hydrogen) atoms. The third-order valence-electron chi connectivity index (χ3n) is 4.00. The first kappa shape index (κ1) is 15.0. The third kappa shape index (κ3) is 3.46. The minimum Gasteiger partial charge on any atom is -0.383 e. The lowest BCUT2D eigenvalue weighted by Crippen LogP contribution is -2.42. The van der Waals surface area contributed by atoms with Crippen LogP contribution in [-0.4, -0.2) is 17.6 Å². The largest absolute Gasteiger partial charge is 0.383 e. The quantitative estimate of drug-likeness (QED) is 0.805. The summed E-state index contributed by atoms with van der Waals surface area (Å²) in [7, 11) is 0. The molecule has 0 saturated heterocycles. The molecule has 4 heteroatoms. The standard InChI is InChI=1S/C18H19NO2S/c20-17(11-10-16-7-4-12-22-16)19-13-18(21,15-8-9-15)14-5-2-1-3-6-14/h1-7,10-12,15,21H,8-9,13H2,(H,19,20)/b11-10+/t18-/m1/s1. The Labute approximate surface area is 134 Å². The van der Waals surface area contributed by atoms with Crippen molar-refractivity contribution in [2.75, 3.05) is 6.54 Å². The van der Waals surface area contributed by atoms with E-state index in [0.29, 0.717) is 0 Å². The summed E-state index contributed by atoms with van der Waals surface area (Å²) < 4.78 is 0. The van der Waals surface area contributed by atoms with Gasteiger partial charge in [-0.1, -0.05) is 36.4 Å². The fourth-order valence-corrected chi connectivity index (χ4v) is 3.21. The van der Waals surface area contributed by atoms with Crippen LogP contribution in [0.5, 0.6) is 0 Å². The first-order valence-corrected chi connectivity index (χ1v) is 8.34. The Balaban J connectivity index is 1.64. The molecule has 1 aromatic heterocycles. The molecule has 1 heterocycles. The minimum atomic E-state index is -0.965. The van der Waals surface area contributed by atoms with E-state index in [2.05, 4.69) is 5.32 Å². The number of amides is 1. The molecule has 2 aromatic rings. The summed E-state index contributed by atoms with van der Waals surface area (Å²) in [5.74, 6) is 0.0554. The van der Waals surface area contributed by atoms with Gasteiger partial charge in [0.15, 0.2) is 0 Å². The molecule has 1 amide bonds. The van der Waals surface area contributed by atoms with Crippen molar-refractivity contribution in [3.63, 3.8) is 0 Å². The Hall–Kier alpha value is -1.91. The molecule has 0 aliphatic heterocycles. The Kier molecular flexibility index (Phi) is 4.41. The molecule has 0 spiro atoms. The molecular formula is C18H19NO2S. The minimum absolute atomic E-state index is 0.177. The van der Waals surface area contributed by atoms with Gasteiger partial charge in [-0.25, -0.2) is 0 Å². The molecule has 1 aliphatic carbocycles. The molecule has 2 N–H and O–H groups in total. The molecule has 114 valence electrons. The predicted molar refractivity (Wildman–Crippen MR) is 89.4 cm³/mol. The van der Waals surface area contributed by atoms with Crippen molar-refractivity contribution in [2.45, 2.75) is 18.4 Å². The Bertz CT molecular complexity index is 647. The second kappa shape index (κ2) is 6.46. The fourth-order valence-electron chi connectivity index (χ4n) is 2.59. The van der Waals surface area contributed by atoms with E-state index in [4.69, 9.17) is 0 Å². The Morgan fingerprint density at radius 2 is 2.05 bits per heavy atom. The van der Waals surface area contributed by atoms with Crippen LogP contribution in [0.15, 0.2) is 53.9 Å². The number of carbonyl (C=O) groups is 1. The summed E-state index contributed by atoms with van der Waals surface area (Å²) >= 11 is 1.58. The zero-order chi connectivity index (χ0) is 15.4. The average molecular weight is 313 g/mol. The number of nitrogens with one attached hydrogen (secondary N) is 1. The number of carbonyl (C=O) groups excluding carboxylic acids is 1. The van der Waals surface area contributed by atoms with E-state index in [1.165, 1.54) is 6.08 Å². The Morgan fingerprint density at radius 1 is 1.27 bits per heavy atom. The van der Waals surface area contributed by atoms with Crippen LogP contribution in [0.2, 0.25) is 0 Å². The predicted octanol–water partition coefficient (Wildman–Crippen LogP) is 3.18. The van der Waals surface area contributed by atoms with Gasteiger partial charge in [0.2, 0.25) is 5.91 Å². The molecule has 1 fully saturated rings. The van der Waals surface area contributed by atoms with Crippen molar-refractivity contribution >= 4 is 23.3 Å². The van der Waals surface area contributed by atoms with Gasteiger partial charge >= 0.3 is 0 Å². The molecule has 1 saturated carbocycles. The van der Waals surface area contributed by atoms with Crippen LogP contribution in [0.3, 0.4) is 0 Å². The van der Waals surface area contributed by atoms with E-state index >= 15 is 0 Å². The molecule has 1 aromatic carbocycles. The molecule has 3 rings (SSSR count). The highest BCUT2D eigenvalue weighted by Crippen LogP contribution is 2.45. The van der Waals surface area contributed by atoms with E-state index in [1.54, 1.807) is 17.4 Å². The first-order chi connectivity index (χ1) is 10.7. The van der Waals surface area contributed by atoms with Crippen LogP contribution in [0.1, 0.15) is 23.3 Å². The second-order valence-corrected chi connectivity index (χ2v) is 6.61. The molecule has 1 aliphatic rings. The third-order valence-corrected chi connectivity index (χ3v) is 4.84. The summed E-state index contributed by atoms with van der Waals surface area (Å²) in [4.78, 5) is 13.0. The van der Waals surface area contributed by atoms with Crippen LogP contribution in [-0.2, 0) is 10.4 Å². The van der Waals surface area contributed by atoms with Crippen LogP contribution in [0.25, 0.3) is 6.08 Å². The summed E-state index contributed by atoms with van der Waals surface area (Å²) in [6, 6.07) is 13.5. The van der Waals surface area contributed by atoms with Crippen molar-refractivity contribution in [1.82, 2.24) is 5.32 Å². The summed E-state index contributed by atoms with van der Waals surface area (Å²) in [6.07, 6.45) is 5.32. The summed E-state index contributed by atoms with van der Waals surface area (Å²) in [6.45, 7) is 0.245. The van der Waals surface area contributed by atoms with Crippen molar-refractivity contribution < 1.29 is 9.90 Å². The van der Waals surface area contributed by atoms with Gasteiger partial charge in [0.05, 0.1) is 6.54 Å². The van der Waals surface area contributed by atoms with Crippen LogP contribution in [0.4, 0.5) is 0 Å². The van der Waals surface area contributed by atoms with Crippen molar-refractivity contribution in [3.05, 3.63) is 64.4 Å². The zero-order valence-electron chi connectivity index (χ0n) is 12.2. The molecule has 0 unspecified atom stereocenters. The van der Waals surface area contributed by atoms with E-state index in [9.17, 15) is 9.90 Å². The first-order valence-electron chi connectivity index (χ1n) is 7.46. The lowest BCUT2D eigenvalue weighted by molar-refractivity contribution is -0.118. The van der Waals surface area contributed by atoms with Gasteiger partial charge in [-0.15, -0.1) is 11.3 Å². The molecular weight excluding hydrogens is 294 g/mol. The van der Waals surface area contributed by atoms with E-state index in [1.807, 2.05) is 47.8 Å². The van der Waals surface area contributed by atoms with Gasteiger partial charge in [0, 0.05) is 11.0 Å². The van der Waals surface area contributed by atoms with Crippen molar-refractivity contribution in [3.8, 4) is 0 Å². The molecule has 0 bridgehead atoms. The molecule has 0 radical (unpaired) electrons. The van der Waals surface area contributed by atoms with Gasteiger partial charge in [-0.05, 0) is 41.8 Å². The lowest BCUT2D eigenvalue weighted by atomic mass is 9.88. The highest BCUT2D eigenvalue weighted by atomic mass is 32.1. The van der Waals surface area contributed by atoms with Crippen molar-refractivity contribution in [2.24, 2.45) is 5.92 Å². The maximum absolute atomic E-state index is 12.0. The number of hydrogen-bond donors (Lipinski definition) is 2. The smallest absolute Gasteiger partial charge is 0.244 e. The van der Waals surface area contributed by atoms with Crippen molar-refractivity contribution in [1.29, 1.82) is 0 Å². The van der Waals surface area contributed by atoms with Gasteiger partial charge in [-0.3, -0.25) is 4.79 Å². The van der Waals surface area contributed by atoms with E-state index in [0.717, 1.165) is 23.3 Å². The molecule has 1 atom stereocenters. The maximum atomic E-state index is 12.0. The fraction of sp³-hybridized carbons (Fsp3) is 0.278. The number of hydrogen-bond acceptors (Lipinski definition) is 3. The highest BCUT2D eigenvalue weighted by Gasteiger charge is 2.45. The summed E-state index contributed by atoms with van der Waals surface area (Å²) in [5, 5.41) is 15.8. The van der Waals surface area contributed by atoms with Gasteiger partial charge in [0.25, 0.3) is 0 Å². The van der Waals surface area contributed by atoms with Crippen LogP contribution in [0, 0.1) is 5.92 Å². The second-order valence-electron chi connectivity index (χ2n) is 5.63. The van der Waals surface area contributed by atoms with Gasteiger partial charge in [-0.2, -0.15) is 0 Å². The highest BCUT2D eigenvalue weighted by molar-refractivity contribution is 7.10. The number of benzene rings is 1. The number of aliphatic hydroxyl groups is 1. The topological polar surface area (TPSA) is 49.3 Å². The molecule has 3 nitrogen and oxygen atoms in total. The van der Waals surface area contributed by atoms with E-state index in [-0.39, 0.29) is 18.4 Å². The number of thiophene rings is 1. The zero-order valence-corrected chi connectivity index (χ0v) is 13.1. The summed E-state index contributed by atoms with van der Waals surface area (Å²) in [5.41, 5.74) is -0.0896. The SMILES string of the molecule is O=C(/C=C/c1cccs1)NC[C@@](O)(c1ccccc1)C1CC1. The Morgan fingerprint density at radius 3 is 2.68 bits per heavy atom. The lowest BCUT2D eigenvalue weighted by Gasteiger charge is -2.29. The average Bonchev–Trinajstić information content (AvgIpc) is 3.29. The van der Waals surface area contributed by atoms with Gasteiger partial charge in [0.1, 0.15) is 5.60 Å². The van der Waals surface area contributed by atoms with Gasteiger partial charge < -0.3 is 10.4 Å². The van der Waals surface area contributed by atoms with Crippen LogP contribution >= 0.6 is 11.3 Å². The van der Waals surface area contributed by atoms with Crippen LogP contribution < -0.4 is 5.32 Å². The normalized spacial score (nSPS) is 17.3. The monoisotopic (exact) mass is 313 g/mol. The number of rotatable bonds is 6.